The largest absolute Gasteiger partial charge is 0.497 e. The summed E-state index contributed by atoms with van der Waals surface area (Å²) in [5.41, 5.74) is 2.35. The van der Waals surface area contributed by atoms with Gasteiger partial charge in [-0.2, -0.15) is 0 Å². The topological polar surface area (TPSA) is 71.8 Å². The van der Waals surface area contributed by atoms with E-state index in [-0.39, 0.29) is 17.6 Å². The van der Waals surface area contributed by atoms with Crippen LogP contribution in [0.2, 0.25) is 0 Å². The van der Waals surface area contributed by atoms with Crippen LogP contribution in [0.1, 0.15) is 29.5 Å². The first-order chi connectivity index (χ1) is 12.6. The summed E-state index contributed by atoms with van der Waals surface area (Å²) in [6.07, 6.45) is 4.26. The van der Waals surface area contributed by atoms with E-state index in [1.165, 1.54) is 11.8 Å². The maximum Gasteiger partial charge on any atom is 0.287 e. The second-order valence-corrected chi connectivity index (χ2v) is 6.16. The first kappa shape index (κ1) is 17.8. The van der Waals surface area contributed by atoms with Gasteiger partial charge in [0.2, 0.25) is 5.91 Å². The van der Waals surface area contributed by atoms with Crippen molar-refractivity contribution in [3.8, 4) is 5.75 Å². The Morgan fingerprint density at radius 1 is 1.23 bits per heavy atom. The molecule has 1 aromatic heterocycles. The summed E-state index contributed by atoms with van der Waals surface area (Å²) in [5, 5.41) is 2.68. The molecule has 1 aliphatic heterocycles. The minimum absolute atomic E-state index is 0.102. The fourth-order valence-electron chi connectivity index (χ4n) is 2.95. The summed E-state index contributed by atoms with van der Waals surface area (Å²) < 4.78 is 10.2. The smallest absolute Gasteiger partial charge is 0.287 e. The number of hydrogen-bond donors (Lipinski definition) is 1. The van der Waals surface area contributed by atoms with E-state index in [2.05, 4.69) is 11.4 Å². The predicted molar refractivity (Wildman–Crippen MR) is 97.8 cm³/mol. The third-order valence-electron chi connectivity index (χ3n) is 4.44. The van der Waals surface area contributed by atoms with Crippen LogP contribution in [0.3, 0.4) is 0 Å². The lowest BCUT2D eigenvalue weighted by Gasteiger charge is -2.29. The molecule has 3 rings (SSSR count). The molecule has 0 spiro atoms. The molecule has 0 fully saturated rings. The van der Waals surface area contributed by atoms with Gasteiger partial charge in [0.15, 0.2) is 5.76 Å². The lowest BCUT2D eigenvalue weighted by molar-refractivity contribution is -0.132. The molecule has 0 aliphatic carbocycles. The van der Waals surface area contributed by atoms with Gasteiger partial charge in [-0.05, 0) is 48.7 Å². The molecule has 1 aliphatic rings. The van der Waals surface area contributed by atoms with Gasteiger partial charge in [-0.1, -0.05) is 18.2 Å². The number of hydrogen-bond acceptors (Lipinski definition) is 4. The second-order valence-electron chi connectivity index (χ2n) is 6.16. The molecule has 0 saturated heterocycles. The van der Waals surface area contributed by atoms with E-state index in [4.69, 9.17) is 9.15 Å². The summed E-state index contributed by atoms with van der Waals surface area (Å²) in [6.45, 7) is 2.84. The van der Waals surface area contributed by atoms with Gasteiger partial charge >= 0.3 is 0 Å². The molecule has 136 valence electrons. The number of ether oxygens (including phenoxy) is 1. The SMILES string of the molecule is COc1ccc(C2=CCN(C(=O)[C@H](C)NC(=O)c3ccco3)CC2)cc1. The highest BCUT2D eigenvalue weighted by Gasteiger charge is 2.24. The van der Waals surface area contributed by atoms with Crippen LogP contribution < -0.4 is 10.1 Å². The van der Waals surface area contributed by atoms with Crippen molar-refractivity contribution >= 4 is 17.4 Å². The number of nitrogens with zero attached hydrogens (tertiary/aromatic N) is 1. The van der Waals surface area contributed by atoms with Crippen LogP contribution in [0, 0.1) is 0 Å². The monoisotopic (exact) mass is 354 g/mol. The van der Waals surface area contributed by atoms with Gasteiger partial charge in [0.05, 0.1) is 13.4 Å². The number of methoxy groups -OCH3 is 1. The number of carbonyl (C=O) groups is 2. The molecule has 2 heterocycles. The van der Waals surface area contributed by atoms with Crippen LogP contribution in [0.15, 0.2) is 53.2 Å². The number of amides is 2. The van der Waals surface area contributed by atoms with Crippen molar-refractivity contribution in [1.82, 2.24) is 10.2 Å². The number of rotatable bonds is 5. The van der Waals surface area contributed by atoms with Crippen LogP contribution in [0.25, 0.3) is 5.57 Å². The maximum absolute atomic E-state index is 12.6. The highest BCUT2D eigenvalue weighted by atomic mass is 16.5. The average molecular weight is 354 g/mol. The Kier molecular flexibility index (Phi) is 5.41. The van der Waals surface area contributed by atoms with Gasteiger partial charge in [0.25, 0.3) is 5.91 Å². The molecule has 1 N–H and O–H groups in total. The van der Waals surface area contributed by atoms with Crippen LogP contribution in [0.4, 0.5) is 0 Å². The van der Waals surface area contributed by atoms with Crippen LogP contribution in [-0.2, 0) is 4.79 Å². The van der Waals surface area contributed by atoms with E-state index in [1.54, 1.807) is 31.1 Å². The summed E-state index contributed by atoms with van der Waals surface area (Å²) in [6, 6.07) is 10.5. The molecule has 2 amide bonds. The highest BCUT2D eigenvalue weighted by Crippen LogP contribution is 2.24. The Bertz CT molecular complexity index is 794. The van der Waals surface area contributed by atoms with Gasteiger partial charge < -0.3 is 19.4 Å². The van der Waals surface area contributed by atoms with Gasteiger partial charge in [-0.25, -0.2) is 0 Å². The summed E-state index contributed by atoms with van der Waals surface area (Å²) in [5.74, 6) is 0.533. The lowest BCUT2D eigenvalue weighted by Crippen LogP contribution is -2.48. The Labute approximate surface area is 152 Å². The fraction of sp³-hybridized carbons (Fsp3) is 0.300. The van der Waals surface area contributed by atoms with Crippen molar-refractivity contribution in [2.75, 3.05) is 20.2 Å². The van der Waals surface area contributed by atoms with E-state index in [0.717, 1.165) is 17.7 Å². The van der Waals surface area contributed by atoms with Crippen LogP contribution in [-0.4, -0.2) is 43.0 Å². The van der Waals surface area contributed by atoms with E-state index in [9.17, 15) is 9.59 Å². The standard InChI is InChI=1S/C20H22N2O4/c1-14(21-19(23)18-4-3-13-26-18)20(24)22-11-9-16(10-12-22)15-5-7-17(25-2)8-6-15/h3-9,13-14H,10-12H2,1-2H3,(H,21,23)/t14-/m0/s1. The third-order valence-corrected chi connectivity index (χ3v) is 4.44. The predicted octanol–water partition coefficient (Wildman–Crippen LogP) is 2.72. The van der Waals surface area contributed by atoms with Crippen molar-refractivity contribution in [3.63, 3.8) is 0 Å². The molecule has 6 heteroatoms. The van der Waals surface area contributed by atoms with E-state index >= 15 is 0 Å². The Balaban J connectivity index is 1.58. The summed E-state index contributed by atoms with van der Waals surface area (Å²) in [4.78, 5) is 26.3. The van der Waals surface area contributed by atoms with Crippen molar-refractivity contribution < 1.29 is 18.7 Å². The zero-order valence-electron chi connectivity index (χ0n) is 14.9. The Morgan fingerprint density at radius 3 is 2.58 bits per heavy atom. The van der Waals surface area contributed by atoms with E-state index < -0.39 is 6.04 Å². The second kappa shape index (κ2) is 7.91. The van der Waals surface area contributed by atoms with Crippen LogP contribution in [0.5, 0.6) is 5.75 Å². The van der Waals surface area contributed by atoms with E-state index in [1.807, 2.05) is 24.3 Å². The highest BCUT2D eigenvalue weighted by molar-refractivity contribution is 5.95. The number of furan rings is 1. The molecule has 0 radical (unpaired) electrons. The minimum Gasteiger partial charge on any atom is -0.497 e. The number of nitrogens with one attached hydrogen (secondary N) is 1. The summed E-state index contributed by atoms with van der Waals surface area (Å²) >= 11 is 0. The first-order valence-corrected chi connectivity index (χ1v) is 8.55. The van der Waals surface area contributed by atoms with Crippen molar-refractivity contribution in [2.24, 2.45) is 0 Å². The number of carbonyl (C=O) groups excluding carboxylic acids is 2. The maximum atomic E-state index is 12.6. The quantitative estimate of drug-likeness (QED) is 0.896. The zero-order valence-corrected chi connectivity index (χ0v) is 14.9. The zero-order chi connectivity index (χ0) is 18.5. The lowest BCUT2D eigenvalue weighted by atomic mass is 9.99. The van der Waals surface area contributed by atoms with Crippen molar-refractivity contribution in [3.05, 3.63) is 60.1 Å². The fourth-order valence-corrected chi connectivity index (χ4v) is 2.95. The molecule has 26 heavy (non-hydrogen) atoms. The average Bonchev–Trinajstić information content (AvgIpc) is 3.22. The molecule has 2 aromatic rings. The minimum atomic E-state index is -0.608. The van der Waals surface area contributed by atoms with Gasteiger partial charge in [0, 0.05) is 13.1 Å². The Morgan fingerprint density at radius 2 is 2.00 bits per heavy atom. The molecule has 1 aromatic carbocycles. The third kappa shape index (κ3) is 3.96. The first-order valence-electron chi connectivity index (χ1n) is 8.55. The molecule has 0 unspecified atom stereocenters. The van der Waals surface area contributed by atoms with Gasteiger partial charge in [0.1, 0.15) is 11.8 Å². The molecular formula is C20H22N2O4. The van der Waals surface area contributed by atoms with Gasteiger partial charge in [-0.15, -0.1) is 0 Å². The number of benzene rings is 1. The molecule has 0 bridgehead atoms. The van der Waals surface area contributed by atoms with Crippen molar-refractivity contribution in [2.45, 2.75) is 19.4 Å². The summed E-state index contributed by atoms with van der Waals surface area (Å²) in [7, 11) is 1.64. The van der Waals surface area contributed by atoms with Crippen molar-refractivity contribution in [1.29, 1.82) is 0 Å². The molecule has 6 nitrogen and oxygen atoms in total. The van der Waals surface area contributed by atoms with Gasteiger partial charge in [-0.3, -0.25) is 9.59 Å². The molecule has 0 saturated carbocycles. The molecule has 1 atom stereocenters. The Hall–Kier alpha value is -3.02. The molecular weight excluding hydrogens is 332 g/mol. The van der Waals surface area contributed by atoms with E-state index in [0.29, 0.717) is 13.1 Å². The van der Waals surface area contributed by atoms with Crippen LogP contribution >= 0.6 is 0 Å². The normalized spacial score (nSPS) is 15.2.